The van der Waals surface area contributed by atoms with Crippen molar-refractivity contribution in [1.29, 1.82) is 0 Å². The molecule has 0 spiro atoms. The van der Waals surface area contributed by atoms with E-state index in [4.69, 9.17) is 0 Å². The van der Waals surface area contributed by atoms with Gasteiger partial charge in [-0.2, -0.15) is 5.10 Å². The van der Waals surface area contributed by atoms with Crippen LogP contribution in [0.1, 0.15) is 37.4 Å². The summed E-state index contributed by atoms with van der Waals surface area (Å²) in [4.78, 5) is 22.3. The molecule has 0 atom stereocenters. The predicted octanol–water partition coefficient (Wildman–Crippen LogP) is 3.42. The Hall–Kier alpha value is -3.28. The Labute approximate surface area is 143 Å². The summed E-state index contributed by atoms with van der Waals surface area (Å²) in [5.41, 5.74) is 1.87. The van der Waals surface area contributed by atoms with Crippen LogP contribution in [0, 0.1) is 12.7 Å². The fraction of sp³-hybridized carbons (Fsp3) is 0.105. The molecule has 1 heterocycles. The van der Waals surface area contributed by atoms with E-state index in [2.05, 4.69) is 5.10 Å². The number of carboxylic acid groups (broad SMARTS) is 1. The molecule has 0 aliphatic carbocycles. The first-order valence-corrected chi connectivity index (χ1v) is 7.60. The number of aromatic nitrogens is 2. The van der Waals surface area contributed by atoms with Gasteiger partial charge < -0.3 is 5.11 Å². The Morgan fingerprint density at radius 3 is 2.60 bits per heavy atom. The number of halogens is 1. The first kappa shape index (κ1) is 16.6. The normalized spacial score (nSPS) is 10.6. The number of hydrogen-bond acceptors (Lipinski definition) is 3. The Kier molecular flexibility index (Phi) is 4.43. The lowest BCUT2D eigenvalue weighted by Crippen LogP contribution is -2.09. The van der Waals surface area contributed by atoms with Crippen LogP contribution in [-0.2, 0) is 6.42 Å². The van der Waals surface area contributed by atoms with Crippen molar-refractivity contribution in [3.8, 4) is 5.69 Å². The molecule has 3 aromatic rings. The highest BCUT2D eigenvalue weighted by Crippen LogP contribution is 2.23. The second-order valence-electron chi connectivity index (χ2n) is 5.65. The third-order valence-corrected chi connectivity index (χ3v) is 4.10. The molecule has 0 saturated heterocycles. The third kappa shape index (κ3) is 3.19. The molecule has 0 aliphatic heterocycles. The van der Waals surface area contributed by atoms with Crippen LogP contribution in [0.3, 0.4) is 0 Å². The van der Waals surface area contributed by atoms with Crippen LogP contribution in [0.25, 0.3) is 5.69 Å². The average Bonchev–Trinajstić information content (AvgIpc) is 3.14. The minimum atomic E-state index is -1.32. The molecule has 0 radical (unpaired) electrons. The van der Waals surface area contributed by atoms with Gasteiger partial charge in [0.25, 0.3) is 0 Å². The maximum atomic E-state index is 14.3. The second-order valence-corrected chi connectivity index (χ2v) is 5.65. The molecule has 3 rings (SSSR count). The molecule has 2 aromatic carbocycles. The molecular weight excluding hydrogens is 323 g/mol. The molecule has 0 amide bonds. The Morgan fingerprint density at radius 2 is 2.04 bits per heavy atom. The highest BCUT2D eigenvalue weighted by Gasteiger charge is 2.19. The van der Waals surface area contributed by atoms with E-state index in [-0.39, 0.29) is 17.4 Å². The van der Waals surface area contributed by atoms with Gasteiger partial charge in [0.15, 0.2) is 6.29 Å². The minimum Gasteiger partial charge on any atom is -0.478 e. The molecule has 0 fully saturated rings. The summed E-state index contributed by atoms with van der Waals surface area (Å²) in [6.45, 7) is 1.54. The quantitative estimate of drug-likeness (QED) is 0.724. The molecule has 6 heteroatoms. The van der Waals surface area contributed by atoms with Crippen LogP contribution < -0.4 is 0 Å². The van der Waals surface area contributed by atoms with E-state index in [1.807, 2.05) is 36.5 Å². The number of carbonyl (C=O) groups is 2. The van der Waals surface area contributed by atoms with Gasteiger partial charge in [0, 0.05) is 12.4 Å². The summed E-state index contributed by atoms with van der Waals surface area (Å²) in [6, 6.07) is 10.7. The van der Waals surface area contributed by atoms with Gasteiger partial charge in [0.2, 0.25) is 0 Å². The molecule has 0 unspecified atom stereocenters. The number of aromatic carboxylic acids is 1. The second kappa shape index (κ2) is 6.68. The van der Waals surface area contributed by atoms with Gasteiger partial charge in [-0.1, -0.05) is 12.1 Å². The number of hydrogen-bond donors (Lipinski definition) is 1. The van der Waals surface area contributed by atoms with Gasteiger partial charge in [-0.25, -0.2) is 13.9 Å². The molecule has 5 nitrogen and oxygen atoms in total. The lowest BCUT2D eigenvalue weighted by molar-refractivity contribution is 0.0693. The van der Waals surface area contributed by atoms with Crippen molar-refractivity contribution in [2.45, 2.75) is 13.3 Å². The minimum absolute atomic E-state index is 0.244. The number of benzene rings is 2. The molecule has 0 bridgehead atoms. The predicted molar refractivity (Wildman–Crippen MR) is 89.9 cm³/mol. The topological polar surface area (TPSA) is 72.2 Å². The largest absolute Gasteiger partial charge is 0.478 e. The number of carboxylic acids is 1. The van der Waals surface area contributed by atoms with Crippen LogP contribution in [0.5, 0.6) is 0 Å². The molecular formula is C19H15FN2O3. The summed E-state index contributed by atoms with van der Waals surface area (Å²) in [7, 11) is 0. The fourth-order valence-electron chi connectivity index (χ4n) is 2.71. The van der Waals surface area contributed by atoms with Crippen LogP contribution in [0.15, 0.2) is 48.8 Å². The highest BCUT2D eigenvalue weighted by atomic mass is 19.1. The number of carbonyl (C=O) groups excluding carboxylic acids is 1. The maximum absolute atomic E-state index is 14.3. The lowest BCUT2D eigenvalue weighted by atomic mass is 9.94. The van der Waals surface area contributed by atoms with Gasteiger partial charge in [-0.05, 0) is 54.3 Å². The number of nitrogens with zero attached hydrogens (tertiary/aromatic N) is 2. The van der Waals surface area contributed by atoms with Gasteiger partial charge in [-0.3, -0.25) is 4.79 Å². The Balaban J connectivity index is 1.95. The third-order valence-electron chi connectivity index (χ3n) is 4.10. The van der Waals surface area contributed by atoms with Crippen LogP contribution in [-0.4, -0.2) is 27.1 Å². The van der Waals surface area contributed by atoms with Crippen molar-refractivity contribution in [2.75, 3.05) is 0 Å². The maximum Gasteiger partial charge on any atom is 0.336 e. The van der Waals surface area contributed by atoms with E-state index >= 15 is 0 Å². The molecule has 1 N–H and O–H groups in total. The first-order chi connectivity index (χ1) is 12.0. The Bertz CT molecular complexity index is 932. The highest BCUT2D eigenvalue weighted by molar-refractivity contribution is 5.97. The SMILES string of the molecule is Cc1c(Cc2ccc(-n3cccn3)cc2)cc(C(=O)O)c(C=O)c1F. The van der Waals surface area contributed by atoms with Gasteiger partial charge in [0.1, 0.15) is 5.82 Å². The summed E-state index contributed by atoms with van der Waals surface area (Å²) in [6.07, 6.45) is 4.11. The van der Waals surface area contributed by atoms with Crippen molar-refractivity contribution in [1.82, 2.24) is 9.78 Å². The zero-order valence-electron chi connectivity index (χ0n) is 13.4. The average molecular weight is 338 g/mol. The summed E-state index contributed by atoms with van der Waals surface area (Å²) in [5.74, 6) is -2.10. The summed E-state index contributed by atoms with van der Waals surface area (Å²) >= 11 is 0. The van der Waals surface area contributed by atoms with Crippen molar-refractivity contribution < 1.29 is 19.1 Å². The smallest absolute Gasteiger partial charge is 0.336 e. The first-order valence-electron chi connectivity index (χ1n) is 7.60. The van der Waals surface area contributed by atoms with Crippen LogP contribution in [0.4, 0.5) is 4.39 Å². The number of rotatable bonds is 5. The van der Waals surface area contributed by atoms with Gasteiger partial charge in [0.05, 0.1) is 16.8 Å². The summed E-state index contributed by atoms with van der Waals surface area (Å²) < 4.78 is 16.0. The van der Waals surface area contributed by atoms with E-state index in [0.717, 1.165) is 11.3 Å². The molecule has 1 aromatic heterocycles. The monoisotopic (exact) mass is 338 g/mol. The standard InChI is InChI=1S/C19H15FN2O3/c1-12-14(10-16(19(24)25)17(11-23)18(12)20)9-13-3-5-15(6-4-13)22-8-2-7-21-22/h2-8,10-11H,9H2,1H3,(H,24,25). The lowest BCUT2D eigenvalue weighted by Gasteiger charge is -2.12. The van der Waals surface area contributed by atoms with Crippen molar-refractivity contribution >= 4 is 12.3 Å². The molecule has 25 heavy (non-hydrogen) atoms. The van der Waals surface area contributed by atoms with Crippen molar-refractivity contribution in [3.05, 3.63) is 82.4 Å². The number of aldehydes is 1. The van der Waals surface area contributed by atoms with Gasteiger partial charge >= 0.3 is 5.97 Å². The van der Waals surface area contributed by atoms with Crippen molar-refractivity contribution in [2.24, 2.45) is 0 Å². The van der Waals surface area contributed by atoms with Gasteiger partial charge in [-0.15, -0.1) is 0 Å². The van der Waals surface area contributed by atoms with Crippen molar-refractivity contribution in [3.63, 3.8) is 0 Å². The molecule has 126 valence electrons. The van der Waals surface area contributed by atoms with Crippen LogP contribution >= 0.6 is 0 Å². The fourth-order valence-corrected chi connectivity index (χ4v) is 2.71. The molecule has 0 aliphatic rings. The zero-order chi connectivity index (χ0) is 18.0. The van der Waals surface area contributed by atoms with E-state index < -0.39 is 17.3 Å². The molecule has 0 saturated carbocycles. The summed E-state index contributed by atoms with van der Waals surface area (Å²) in [5, 5.41) is 13.4. The Morgan fingerprint density at radius 1 is 1.32 bits per heavy atom. The van der Waals surface area contributed by atoms with E-state index in [9.17, 15) is 19.1 Å². The van der Waals surface area contributed by atoms with E-state index in [1.165, 1.54) is 6.07 Å². The van der Waals surface area contributed by atoms with E-state index in [1.54, 1.807) is 17.8 Å². The zero-order valence-corrected chi connectivity index (χ0v) is 13.4. The van der Waals surface area contributed by atoms with Crippen LogP contribution in [0.2, 0.25) is 0 Å². The van der Waals surface area contributed by atoms with E-state index in [0.29, 0.717) is 12.0 Å².